The summed E-state index contributed by atoms with van der Waals surface area (Å²) in [6, 6.07) is 14.8. The molecule has 33 heavy (non-hydrogen) atoms. The van der Waals surface area contributed by atoms with E-state index in [1.165, 1.54) is 22.8 Å². The maximum absolute atomic E-state index is 12.8. The van der Waals surface area contributed by atoms with Gasteiger partial charge in [-0.05, 0) is 98.0 Å². The van der Waals surface area contributed by atoms with Gasteiger partial charge in [-0.1, -0.05) is 25.6 Å². The highest BCUT2D eigenvalue weighted by Gasteiger charge is 2.27. The largest absolute Gasteiger partial charge is 0.440 e. The molecule has 2 aromatic rings. The standard InChI is InChI=1S/C22H32O6P2S3/c1-5-17-31-29(23,25-7-3)27-19-9-13-21(14-10-19)33-22-15-11-20(12-16-22)28-30(24,26-8-4)32-18-6-2/h9-16H,5-8,17-18H2,1-4H3. The predicted octanol–water partition coefficient (Wildman–Crippen LogP) is 9.17. The highest BCUT2D eigenvalue weighted by Crippen LogP contribution is 2.61. The Morgan fingerprint density at radius 2 is 1.00 bits per heavy atom. The molecule has 0 bridgehead atoms. The number of hydrogen-bond donors (Lipinski definition) is 0. The van der Waals surface area contributed by atoms with Crippen LogP contribution in [0.2, 0.25) is 0 Å². The maximum Gasteiger partial charge on any atom is 0.440 e. The zero-order valence-corrected chi connectivity index (χ0v) is 23.7. The minimum absolute atomic E-state index is 0.332. The van der Waals surface area contributed by atoms with Crippen LogP contribution in [0.15, 0.2) is 58.3 Å². The quantitative estimate of drug-likeness (QED) is 0.190. The molecule has 2 rings (SSSR count). The number of benzene rings is 2. The highest BCUT2D eigenvalue weighted by atomic mass is 32.7. The van der Waals surface area contributed by atoms with Crippen LogP contribution >= 0.6 is 48.1 Å². The lowest BCUT2D eigenvalue weighted by molar-refractivity contribution is 0.295. The Balaban J connectivity index is 1.99. The molecule has 6 nitrogen and oxygen atoms in total. The van der Waals surface area contributed by atoms with E-state index in [9.17, 15) is 9.13 Å². The third kappa shape index (κ3) is 10.3. The van der Waals surface area contributed by atoms with Gasteiger partial charge in [0.2, 0.25) is 0 Å². The fraction of sp³-hybridized carbons (Fsp3) is 0.455. The smallest absolute Gasteiger partial charge is 0.417 e. The van der Waals surface area contributed by atoms with Crippen molar-refractivity contribution in [2.75, 3.05) is 24.7 Å². The molecule has 0 saturated heterocycles. The average Bonchev–Trinajstić information content (AvgIpc) is 2.79. The number of hydrogen-bond acceptors (Lipinski definition) is 9. The van der Waals surface area contributed by atoms with Crippen LogP contribution in [0.4, 0.5) is 0 Å². The maximum atomic E-state index is 12.8. The fourth-order valence-electron chi connectivity index (χ4n) is 2.43. The van der Waals surface area contributed by atoms with E-state index in [-0.39, 0.29) is 0 Å². The van der Waals surface area contributed by atoms with Crippen molar-refractivity contribution in [2.24, 2.45) is 0 Å². The molecule has 2 atom stereocenters. The first-order valence-electron chi connectivity index (χ1n) is 10.9. The van der Waals surface area contributed by atoms with Crippen LogP contribution in [0.3, 0.4) is 0 Å². The highest BCUT2D eigenvalue weighted by molar-refractivity contribution is 8.55. The van der Waals surface area contributed by atoms with Crippen LogP contribution < -0.4 is 9.05 Å². The molecule has 0 aliphatic heterocycles. The molecule has 0 aromatic heterocycles. The van der Waals surface area contributed by atoms with Gasteiger partial charge in [0.15, 0.2) is 0 Å². The molecule has 0 saturated carbocycles. The summed E-state index contributed by atoms with van der Waals surface area (Å²) in [5.74, 6) is 2.45. The van der Waals surface area contributed by atoms with Crippen molar-refractivity contribution in [2.45, 2.75) is 50.3 Å². The second kappa shape index (κ2) is 14.8. The SMILES string of the molecule is CCCSP(=O)(OCC)Oc1ccc(Sc2ccc(OP(=O)(OCC)SCCC)cc2)cc1. The van der Waals surface area contributed by atoms with Crippen LogP contribution in [0.25, 0.3) is 0 Å². The van der Waals surface area contributed by atoms with E-state index in [4.69, 9.17) is 18.1 Å². The first kappa shape index (κ1) is 28.7. The van der Waals surface area contributed by atoms with Gasteiger partial charge < -0.3 is 9.05 Å². The number of rotatable bonds is 16. The van der Waals surface area contributed by atoms with E-state index in [2.05, 4.69) is 0 Å². The van der Waals surface area contributed by atoms with Gasteiger partial charge in [-0.15, -0.1) is 0 Å². The summed E-state index contributed by atoms with van der Waals surface area (Å²) in [7, 11) is 0. The van der Waals surface area contributed by atoms with E-state index < -0.39 is 13.6 Å². The van der Waals surface area contributed by atoms with Crippen LogP contribution in [0, 0.1) is 0 Å². The monoisotopic (exact) mass is 550 g/mol. The first-order valence-corrected chi connectivity index (χ1v) is 18.0. The lowest BCUT2D eigenvalue weighted by atomic mass is 10.3. The van der Waals surface area contributed by atoms with Gasteiger partial charge in [-0.25, -0.2) is 9.13 Å². The zero-order chi connectivity index (χ0) is 24.2. The van der Waals surface area contributed by atoms with E-state index >= 15 is 0 Å². The molecular weight excluding hydrogens is 518 g/mol. The Labute approximate surface area is 209 Å². The van der Waals surface area contributed by atoms with Crippen molar-refractivity contribution < 1.29 is 27.2 Å². The van der Waals surface area contributed by atoms with Gasteiger partial charge in [0.1, 0.15) is 11.5 Å². The molecule has 0 N–H and O–H groups in total. The second-order valence-corrected chi connectivity index (χ2v) is 16.0. The molecule has 11 heteroatoms. The molecule has 0 fully saturated rings. The molecule has 2 aromatic carbocycles. The first-order chi connectivity index (χ1) is 15.8. The van der Waals surface area contributed by atoms with Gasteiger partial charge in [-0.3, -0.25) is 9.05 Å². The third-order valence-electron chi connectivity index (χ3n) is 3.80. The third-order valence-corrected chi connectivity index (χ3v) is 12.7. The molecule has 184 valence electrons. The molecule has 0 spiro atoms. The van der Waals surface area contributed by atoms with Crippen molar-refractivity contribution in [1.82, 2.24) is 0 Å². The fourth-order valence-corrected chi connectivity index (χ4v) is 10.2. The second-order valence-electron chi connectivity index (χ2n) is 6.62. The van der Waals surface area contributed by atoms with Crippen LogP contribution in [-0.2, 0) is 18.2 Å². The Kier molecular flexibility index (Phi) is 12.9. The van der Waals surface area contributed by atoms with Gasteiger partial charge in [0, 0.05) is 21.3 Å². The predicted molar refractivity (Wildman–Crippen MR) is 142 cm³/mol. The van der Waals surface area contributed by atoms with Gasteiger partial charge in [-0.2, -0.15) is 0 Å². The van der Waals surface area contributed by atoms with Crippen molar-refractivity contribution >= 4 is 48.1 Å². The normalized spacial score (nSPS) is 14.9. The van der Waals surface area contributed by atoms with E-state index in [0.29, 0.717) is 36.2 Å². The van der Waals surface area contributed by atoms with E-state index in [0.717, 1.165) is 22.6 Å². The van der Waals surface area contributed by atoms with Crippen LogP contribution in [-0.4, -0.2) is 24.7 Å². The summed E-state index contributed by atoms with van der Waals surface area (Å²) < 4.78 is 47.8. The summed E-state index contributed by atoms with van der Waals surface area (Å²) in [6.07, 6.45) is 1.79. The molecular formula is C22H32O6P2S3. The average molecular weight is 551 g/mol. The Hall–Kier alpha value is -0.530. The Morgan fingerprint density at radius 1 is 0.636 bits per heavy atom. The molecule has 0 aliphatic rings. The Morgan fingerprint density at radius 3 is 1.30 bits per heavy atom. The summed E-state index contributed by atoms with van der Waals surface area (Å²) >= 11 is 4.02. The van der Waals surface area contributed by atoms with E-state index in [1.54, 1.807) is 49.9 Å². The van der Waals surface area contributed by atoms with Crippen LogP contribution in [0.1, 0.15) is 40.5 Å². The van der Waals surface area contributed by atoms with Crippen molar-refractivity contribution in [3.63, 3.8) is 0 Å². The van der Waals surface area contributed by atoms with Crippen LogP contribution in [0.5, 0.6) is 11.5 Å². The van der Waals surface area contributed by atoms with Gasteiger partial charge in [0.05, 0.1) is 13.2 Å². The van der Waals surface area contributed by atoms with Gasteiger partial charge >= 0.3 is 13.6 Å². The topological polar surface area (TPSA) is 71.1 Å². The minimum Gasteiger partial charge on any atom is -0.417 e. The lowest BCUT2D eigenvalue weighted by Crippen LogP contribution is -1.96. The Bertz CT molecular complexity index is 849. The molecule has 2 unspecified atom stereocenters. The van der Waals surface area contributed by atoms with E-state index in [1.807, 2.05) is 38.1 Å². The molecule has 0 heterocycles. The summed E-state index contributed by atoms with van der Waals surface area (Å²) in [6.45, 7) is 1.89. The molecule has 0 radical (unpaired) electrons. The molecule has 0 amide bonds. The summed E-state index contributed by atoms with van der Waals surface area (Å²) in [5.41, 5.74) is 0. The summed E-state index contributed by atoms with van der Waals surface area (Å²) in [5, 5.41) is 0. The minimum atomic E-state index is -3.21. The van der Waals surface area contributed by atoms with Crippen molar-refractivity contribution in [3.05, 3.63) is 48.5 Å². The lowest BCUT2D eigenvalue weighted by Gasteiger charge is -2.18. The summed E-state index contributed by atoms with van der Waals surface area (Å²) in [4.78, 5) is 2.00. The van der Waals surface area contributed by atoms with Crippen molar-refractivity contribution in [1.29, 1.82) is 0 Å². The molecule has 0 aliphatic carbocycles. The van der Waals surface area contributed by atoms with Crippen molar-refractivity contribution in [3.8, 4) is 11.5 Å². The zero-order valence-electron chi connectivity index (χ0n) is 19.4. The van der Waals surface area contributed by atoms with Gasteiger partial charge in [0.25, 0.3) is 0 Å².